The van der Waals surface area contributed by atoms with Crippen LogP contribution >= 0.6 is 0 Å². The first-order chi connectivity index (χ1) is 11.4. The molecule has 126 valence electrons. The summed E-state index contributed by atoms with van der Waals surface area (Å²) in [5.74, 6) is 0.448. The van der Waals surface area contributed by atoms with Gasteiger partial charge < -0.3 is 9.67 Å². The fraction of sp³-hybridized carbons (Fsp3) is 0.400. The van der Waals surface area contributed by atoms with Crippen molar-refractivity contribution in [3.05, 3.63) is 51.1 Å². The molecule has 1 aliphatic heterocycles. The van der Waals surface area contributed by atoms with Gasteiger partial charge >= 0.3 is 5.97 Å². The molecule has 1 unspecified atom stereocenters. The molecule has 1 aliphatic rings. The van der Waals surface area contributed by atoms with Crippen molar-refractivity contribution in [2.75, 3.05) is 0 Å². The summed E-state index contributed by atoms with van der Waals surface area (Å²) in [5.41, 5.74) is 1.31. The van der Waals surface area contributed by atoms with Gasteiger partial charge in [-0.15, -0.1) is 10.2 Å². The van der Waals surface area contributed by atoms with Crippen LogP contribution in [0.3, 0.4) is 0 Å². The highest BCUT2D eigenvalue weighted by Gasteiger charge is 2.33. The number of benzene rings is 1. The third-order valence-corrected chi connectivity index (χ3v) is 4.29. The number of aliphatic carboxylic acids is 1. The Morgan fingerprint density at radius 1 is 1.42 bits per heavy atom. The number of fused-ring (bicyclic) bond motifs is 1. The number of rotatable bonds is 4. The molecule has 0 radical (unpaired) electrons. The Hall–Kier alpha value is -2.81. The average Bonchev–Trinajstić information content (AvgIpc) is 2.88. The fourth-order valence-electron chi connectivity index (χ4n) is 2.94. The van der Waals surface area contributed by atoms with Crippen LogP contribution in [0.15, 0.2) is 18.2 Å². The highest BCUT2D eigenvalue weighted by molar-refractivity contribution is 5.73. The van der Waals surface area contributed by atoms with Crippen LogP contribution in [0, 0.1) is 24.0 Å². The van der Waals surface area contributed by atoms with Crippen molar-refractivity contribution in [3.8, 4) is 0 Å². The summed E-state index contributed by atoms with van der Waals surface area (Å²) in [4.78, 5) is 24.0. The Morgan fingerprint density at radius 2 is 2.17 bits per heavy atom. The molecule has 2 heterocycles. The number of hydrogen-bond acceptors (Lipinski definition) is 6. The normalized spacial score (nSPS) is 17.5. The van der Waals surface area contributed by atoms with Crippen molar-refractivity contribution in [2.45, 2.75) is 39.5 Å². The van der Waals surface area contributed by atoms with Crippen LogP contribution in [0.1, 0.15) is 22.8 Å². The highest BCUT2D eigenvalue weighted by atomic mass is 16.6. The summed E-state index contributed by atoms with van der Waals surface area (Å²) in [5, 5.41) is 28.7. The minimum atomic E-state index is -0.935. The van der Waals surface area contributed by atoms with Gasteiger partial charge in [0.1, 0.15) is 17.7 Å². The van der Waals surface area contributed by atoms with E-state index in [1.807, 2.05) is 0 Å². The summed E-state index contributed by atoms with van der Waals surface area (Å²) in [6.45, 7) is 4.35. The van der Waals surface area contributed by atoms with Crippen molar-refractivity contribution >= 4 is 11.7 Å². The predicted molar refractivity (Wildman–Crippen MR) is 83.3 cm³/mol. The van der Waals surface area contributed by atoms with Crippen molar-refractivity contribution < 1.29 is 14.8 Å². The van der Waals surface area contributed by atoms with Gasteiger partial charge in [0.05, 0.1) is 18.0 Å². The van der Waals surface area contributed by atoms with Crippen LogP contribution in [-0.2, 0) is 24.4 Å². The molecule has 0 amide bonds. The van der Waals surface area contributed by atoms with Gasteiger partial charge in [0.25, 0.3) is 5.69 Å². The Morgan fingerprint density at radius 3 is 2.83 bits per heavy atom. The molecule has 2 aromatic rings. The van der Waals surface area contributed by atoms with E-state index in [4.69, 9.17) is 0 Å². The first-order valence-electron chi connectivity index (χ1n) is 7.46. The molecule has 0 spiro atoms. The van der Waals surface area contributed by atoms with Crippen molar-refractivity contribution in [2.24, 2.45) is 0 Å². The standard InChI is InChI=1S/C15H17N5O4/c1-9-3-4-11(5-12(9)20(23)24)6-18-8-14-17-16-10(2)19(14)7-13(18)15(21)22/h3-5,13H,6-8H2,1-2H3,(H,21,22). The summed E-state index contributed by atoms with van der Waals surface area (Å²) < 4.78 is 1.80. The van der Waals surface area contributed by atoms with Crippen LogP contribution < -0.4 is 0 Å². The minimum Gasteiger partial charge on any atom is -0.480 e. The molecule has 24 heavy (non-hydrogen) atoms. The van der Waals surface area contributed by atoms with E-state index in [1.54, 1.807) is 35.4 Å². The zero-order chi connectivity index (χ0) is 17.4. The number of carboxylic acid groups (broad SMARTS) is 1. The first-order valence-corrected chi connectivity index (χ1v) is 7.46. The van der Waals surface area contributed by atoms with E-state index in [9.17, 15) is 20.0 Å². The van der Waals surface area contributed by atoms with Crippen LogP contribution in [0.25, 0.3) is 0 Å². The topological polar surface area (TPSA) is 114 Å². The van der Waals surface area contributed by atoms with E-state index in [-0.39, 0.29) is 12.2 Å². The van der Waals surface area contributed by atoms with E-state index in [0.29, 0.717) is 35.9 Å². The molecule has 1 N–H and O–H groups in total. The summed E-state index contributed by atoms with van der Waals surface area (Å²) in [6.07, 6.45) is 0. The van der Waals surface area contributed by atoms with Gasteiger partial charge in [0.15, 0.2) is 0 Å². The SMILES string of the molecule is Cc1ccc(CN2Cc3nnc(C)n3CC2C(=O)O)cc1[N+](=O)[O-]. The number of carbonyl (C=O) groups is 1. The zero-order valence-electron chi connectivity index (χ0n) is 13.3. The van der Waals surface area contributed by atoms with E-state index >= 15 is 0 Å². The van der Waals surface area contributed by atoms with Crippen LogP contribution in [0.2, 0.25) is 0 Å². The van der Waals surface area contributed by atoms with Crippen LogP contribution in [0.4, 0.5) is 5.69 Å². The average molecular weight is 331 g/mol. The molecule has 9 heteroatoms. The molecule has 0 bridgehead atoms. The van der Waals surface area contributed by atoms with E-state index in [2.05, 4.69) is 10.2 Å². The van der Waals surface area contributed by atoms with Gasteiger partial charge in [-0.2, -0.15) is 0 Å². The number of carboxylic acids is 1. The molecular formula is C15H17N5O4. The quantitative estimate of drug-likeness (QED) is 0.662. The number of nitro groups is 1. The highest BCUT2D eigenvalue weighted by Crippen LogP contribution is 2.24. The lowest BCUT2D eigenvalue weighted by Gasteiger charge is -2.33. The Labute approximate surface area is 137 Å². The first kappa shape index (κ1) is 16.1. The molecule has 1 aromatic carbocycles. The Balaban J connectivity index is 1.89. The van der Waals surface area contributed by atoms with Gasteiger partial charge in [0, 0.05) is 18.2 Å². The second-order valence-electron chi connectivity index (χ2n) is 5.91. The third-order valence-electron chi connectivity index (χ3n) is 4.29. The van der Waals surface area contributed by atoms with Gasteiger partial charge in [-0.1, -0.05) is 12.1 Å². The molecule has 3 rings (SSSR count). The molecular weight excluding hydrogens is 314 g/mol. The number of aromatic nitrogens is 3. The maximum Gasteiger partial charge on any atom is 0.322 e. The Bertz CT molecular complexity index is 816. The second-order valence-corrected chi connectivity index (χ2v) is 5.91. The second kappa shape index (κ2) is 6.00. The van der Waals surface area contributed by atoms with Crippen LogP contribution in [-0.4, -0.2) is 41.7 Å². The number of aryl methyl sites for hydroxylation is 2. The molecule has 9 nitrogen and oxygen atoms in total. The third kappa shape index (κ3) is 2.85. The number of hydrogen-bond donors (Lipinski definition) is 1. The van der Waals surface area contributed by atoms with Crippen molar-refractivity contribution in [1.82, 2.24) is 19.7 Å². The largest absolute Gasteiger partial charge is 0.480 e. The lowest BCUT2D eigenvalue weighted by molar-refractivity contribution is -0.385. The molecule has 1 aromatic heterocycles. The van der Waals surface area contributed by atoms with Gasteiger partial charge in [-0.3, -0.25) is 19.8 Å². The number of nitro benzene ring substituents is 1. The van der Waals surface area contributed by atoms with Gasteiger partial charge in [-0.05, 0) is 19.4 Å². The molecule has 0 fully saturated rings. The molecule has 1 atom stereocenters. The maximum absolute atomic E-state index is 11.6. The van der Waals surface area contributed by atoms with Gasteiger partial charge in [-0.25, -0.2) is 0 Å². The monoisotopic (exact) mass is 331 g/mol. The van der Waals surface area contributed by atoms with E-state index in [0.717, 1.165) is 0 Å². The minimum absolute atomic E-state index is 0.0374. The lowest BCUT2D eigenvalue weighted by atomic mass is 10.1. The molecule has 0 saturated carbocycles. The maximum atomic E-state index is 11.6. The lowest BCUT2D eigenvalue weighted by Crippen LogP contribution is -2.47. The molecule has 0 aliphatic carbocycles. The predicted octanol–water partition coefficient (Wildman–Crippen LogP) is 1.27. The Kier molecular flexibility index (Phi) is 4.02. The van der Waals surface area contributed by atoms with Crippen molar-refractivity contribution in [3.63, 3.8) is 0 Å². The zero-order valence-corrected chi connectivity index (χ0v) is 13.3. The summed E-state index contributed by atoms with van der Waals surface area (Å²) >= 11 is 0. The van der Waals surface area contributed by atoms with E-state index in [1.165, 1.54) is 6.07 Å². The molecule has 0 saturated heterocycles. The fourth-order valence-corrected chi connectivity index (χ4v) is 2.94. The van der Waals surface area contributed by atoms with Gasteiger partial charge in [0.2, 0.25) is 0 Å². The smallest absolute Gasteiger partial charge is 0.322 e. The van der Waals surface area contributed by atoms with E-state index < -0.39 is 16.9 Å². The summed E-state index contributed by atoms with van der Waals surface area (Å²) in [7, 11) is 0. The summed E-state index contributed by atoms with van der Waals surface area (Å²) in [6, 6.07) is 4.23. The number of nitrogens with zero attached hydrogens (tertiary/aromatic N) is 5. The van der Waals surface area contributed by atoms with Crippen molar-refractivity contribution in [1.29, 1.82) is 0 Å². The van der Waals surface area contributed by atoms with Crippen LogP contribution in [0.5, 0.6) is 0 Å².